The lowest BCUT2D eigenvalue weighted by Crippen LogP contribution is -2.51. The molecule has 0 N–H and O–H groups in total. The van der Waals surface area contributed by atoms with Gasteiger partial charge in [-0.15, -0.1) is 0 Å². The van der Waals surface area contributed by atoms with Crippen LogP contribution in [0.1, 0.15) is 69.2 Å². The Bertz CT molecular complexity index is 204. The summed E-state index contributed by atoms with van der Waals surface area (Å²) in [7, 11) is -1.72. The van der Waals surface area contributed by atoms with Crippen molar-refractivity contribution >= 4 is 8.32 Å². The lowest BCUT2D eigenvalue weighted by molar-refractivity contribution is 0.105. The maximum absolute atomic E-state index is 6.66. The van der Waals surface area contributed by atoms with E-state index in [1.165, 1.54) is 6.04 Å². The molecule has 0 aliphatic carbocycles. The molecule has 0 unspecified atom stereocenters. The second kappa shape index (κ2) is 5.44. The summed E-state index contributed by atoms with van der Waals surface area (Å²) in [5.41, 5.74) is 1.67. The van der Waals surface area contributed by atoms with Crippen LogP contribution in [-0.4, -0.2) is 13.9 Å². The van der Waals surface area contributed by atoms with Crippen LogP contribution in [0.2, 0.25) is 17.1 Å². The standard InChI is InChI=1S/C15H34OSi/c1-12(2)17(13(3)4,11-14(5,6)7)16-15(8,9)10/h12-13H,11H2,1-10H3. The van der Waals surface area contributed by atoms with Gasteiger partial charge in [-0.1, -0.05) is 48.5 Å². The monoisotopic (exact) mass is 258 g/mol. The highest BCUT2D eigenvalue weighted by molar-refractivity contribution is 6.76. The number of hydrogen-bond acceptors (Lipinski definition) is 1. The summed E-state index contributed by atoms with van der Waals surface area (Å²) in [6.07, 6.45) is 0. The minimum absolute atomic E-state index is 0.0218. The molecule has 0 saturated carbocycles. The first-order chi connectivity index (χ1) is 7.30. The van der Waals surface area contributed by atoms with Crippen LogP contribution in [0.4, 0.5) is 0 Å². The van der Waals surface area contributed by atoms with E-state index >= 15 is 0 Å². The molecule has 0 rings (SSSR count). The Kier molecular flexibility index (Phi) is 5.49. The van der Waals surface area contributed by atoms with Crippen molar-refractivity contribution in [2.45, 2.75) is 92.0 Å². The molecule has 2 heteroatoms. The average Bonchev–Trinajstić information content (AvgIpc) is 1.96. The maximum atomic E-state index is 6.66. The second-order valence-corrected chi connectivity index (χ2v) is 13.0. The molecule has 0 amide bonds. The molecule has 0 aromatic carbocycles. The largest absolute Gasteiger partial charge is 0.412 e. The minimum Gasteiger partial charge on any atom is -0.412 e. The molecule has 0 bridgehead atoms. The van der Waals surface area contributed by atoms with E-state index in [4.69, 9.17) is 4.43 Å². The first-order valence-corrected chi connectivity index (χ1v) is 9.27. The van der Waals surface area contributed by atoms with Crippen LogP contribution in [0, 0.1) is 5.41 Å². The Balaban J connectivity index is 5.30. The SMILES string of the molecule is CC(C)[Si](CC(C)(C)C)(OC(C)(C)C)C(C)C. The van der Waals surface area contributed by atoms with Crippen LogP contribution in [0.25, 0.3) is 0 Å². The van der Waals surface area contributed by atoms with Crippen LogP contribution in [0.5, 0.6) is 0 Å². The second-order valence-electron chi connectivity index (χ2n) is 8.22. The molecular formula is C15H34OSi. The topological polar surface area (TPSA) is 9.23 Å². The van der Waals surface area contributed by atoms with E-state index in [2.05, 4.69) is 69.2 Å². The van der Waals surface area contributed by atoms with Crippen molar-refractivity contribution in [3.63, 3.8) is 0 Å². The summed E-state index contributed by atoms with van der Waals surface area (Å²) in [6, 6.07) is 1.24. The van der Waals surface area contributed by atoms with Crippen molar-refractivity contribution in [2.24, 2.45) is 5.41 Å². The van der Waals surface area contributed by atoms with Crippen molar-refractivity contribution in [2.75, 3.05) is 0 Å². The normalized spacial score (nSPS) is 14.8. The molecule has 1 nitrogen and oxygen atoms in total. The third-order valence-electron chi connectivity index (χ3n) is 3.26. The van der Waals surface area contributed by atoms with Crippen LogP contribution < -0.4 is 0 Å². The van der Waals surface area contributed by atoms with Gasteiger partial charge in [0.2, 0.25) is 0 Å². The van der Waals surface area contributed by atoms with Gasteiger partial charge < -0.3 is 4.43 Å². The van der Waals surface area contributed by atoms with Gasteiger partial charge in [-0.2, -0.15) is 0 Å². The van der Waals surface area contributed by atoms with Gasteiger partial charge in [0.05, 0.1) is 0 Å². The first-order valence-electron chi connectivity index (χ1n) is 7.00. The molecule has 0 fully saturated rings. The lowest BCUT2D eigenvalue weighted by atomic mass is 10.0. The summed E-state index contributed by atoms with van der Waals surface area (Å²) in [4.78, 5) is 0. The van der Waals surface area contributed by atoms with E-state index in [1.807, 2.05) is 0 Å². The van der Waals surface area contributed by atoms with Gasteiger partial charge in [0.1, 0.15) is 0 Å². The summed E-state index contributed by atoms with van der Waals surface area (Å²) in [5.74, 6) is 0. The average molecular weight is 259 g/mol. The number of hydrogen-bond donors (Lipinski definition) is 0. The minimum atomic E-state index is -1.72. The predicted octanol–water partition coefficient (Wildman–Crippen LogP) is 5.61. The van der Waals surface area contributed by atoms with Gasteiger partial charge in [-0.25, -0.2) is 0 Å². The smallest absolute Gasteiger partial charge is 0.199 e. The Morgan fingerprint density at radius 2 is 1.18 bits per heavy atom. The van der Waals surface area contributed by atoms with Crippen molar-refractivity contribution in [3.05, 3.63) is 0 Å². The molecule has 17 heavy (non-hydrogen) atoms. The predicted molar refractivity (Wildman–Crippen MR) is 81.1 cm³/mol. The van der Waals surface area contributed by atoms with Crippen LogP contribution in [-0.2, 0) is 4.43 Å². The highest BCUT2D eigenvalue weighted by Gasteiger charge is 2.46. The molecule has 0 saturated heterocycles. The van der Waals surface area contributed by atoms with Crippen molar-refractivity contribution in [1.82, 2.24) is 0 Å². The van der Waals surface area contributed by atoms with E-state index in [0.29, 0.717) is 16.5 Å². The van der Waals surface area contributed by atoms with E-state index in [0.717, 1.165) is 0 Å². The third-order valence-corrected chi connectivity index (χ3v) is 9.77. The van der Waals surface area contributed by atoms with E-state index in [1.54, 1.807) is 0 Å². The fourth-order valence-corrected chi connectivity index (χ4v) is 8.24. The van der Waals surface area contributed by atoms with Crippen LogP contribution in [0.3, 0.4) is 0 Å². The molecule has 104 valence electrons. The Morgan fingerprint density at radius 3 is 1.35 bits per heavy atom. The molecule has 0 aromatic rings. The number of rotatable bonds is 4. The molecular weight excluding hydrogens is 224 g/mol. The van der Waals surface area contributed by atoms with Gasteiger partial charge in [-0.05, 0) is 43.3 Å². The molecule has 0 aliphatic rings. The van der Waals surface area contributed by atoms with Crippen molar-refractivity contribution in [1.29, 1.82) is 0 Å². The zero-order valence-corrected chi connectivity index (χ0v) is 14.8. The van der Waals surface area contributed by atoms with Crippen molar-refractivity contribution < 1.29 is 4.43 Å². The summed E-state index contributed by atoms with van der Waals surface area (Å²) >= 11 is 0. The zero-order chi connectivity index (χ0) is 14.1. The quantitative estimate of drug-likeness (QED) is 0.595. The van der Waals surface area contributed by atoms with Crippen LogP contribution in [0.15, 0.2) is 0 Å². The molecule has 0 atom stereocenters. The van der Waals surface area contributed by atoms with Gasteiger partial charge in [0.25, 0.3) is 0 Å². The van der Waals surface area contributed by atoms with Gasteiger partial charge >= 0.3 is 0 Å². The van der Waals surface area contributed by atoms with E-state index in [-0.39, 0.29) is 5.60 Å². The summed E-state index contributed by atoms with van der Waals surface area (Å²) < 4.78 is 6.66. The summed E-state index contributed by atoms with van der Waals surface area (Å²) in [5, 5.41) is 0. The lowest BCUT2D eigenvalue weighted by Gasteiger charge is -2.46. The van der Waals surface area contributed by atoms with Crippen molar-refractivity contribution in [3.8, 4) is 0 Å². The Morgan fingerprint density at radius 1 is 0.824 bits per heavy atom. The van der Waals surface area contributed by atoms with E-state index < -0.39 is 8.32 Å². The van der Waals surface area contributed by atoms with Gasteiger partial charge in [-0.3, -0.25) is 0 Å². The Hall–Kier alpha value is 0.177. The highest BCUT2D eigenvalue weighted by atomic mass is 28.4. The molecule has 0 radical (unpaired) electrons. The van der Waals surface area contributed by atoms with Gasteiger partial charge in [0, 0.05) is 5.60 Å². The third kappa shape index (κ3) is 5.56. The molecule has 0 heterocycles. The van der Waals surface area contributed by atoms with Gasteiger partial charge in [0.15, 0.2) is 8.32 Å². The molecule has 0 spiro atoms. The maximum Gasteiger partial charge on any atom is 0.199 e. The fourth-order valence-electron chi connectivity index (χ4n) is 2.75. The highest BCUT2D eigenvalue weighted by Crippen LogP contribution is 2.44. The van der Waals surface area contributed by atoms with E-state index in [9.17, 15) is 0 Å². The fraction of sp³-hybridized carbons (Fsp3) is 1.00. The molecule has 0 aliphatic heterocycles. The first kappa shape index (κ1) is 17.2. The summed E-state index contributed by atoms with van der Waals surface area (Å²) in [6.45, 7) is 23.0. The van der Waals surface area contributed by atoms with Crippen LogP contribution >= 0.6 is 0 Å². The molecule has 0 aromatic heterocycles. The zero-order valence-electron chi connectivity index (χ0n) is 13.8. The Labute approximate surface area is 110 Å².